The number of hydrogen-bond donors (Lipinski definition) is 2. The summed E-state index contributed by atoms with van der Waals surface area (Å²) in [6.45, 7) is -0.0526. The third-order valence-electron chi connectivity index (χ3n) is 2.44. The average molecular weight is 290 g/mol. The number of carbonyl (C=O) groups is 1. The van der Waals surface area contributed by atoms with Crippen LogP contribution < -0.4 is 5.32 Å². The average Bonchev–Trinajstić information content (AvgIpc) is 2.96. The van der Waals surface area contributed by atoms with Gasteiger partial charge >= 0.3 is 0 Å². The number of thiazole rings is 1. The molecule has 1 heterocycles. The van der Waals surface area contributed by atoms with Gasteiger partial charge in [-0.2, -0.15) is 0 Å². The second-order valence-corrected chi connectivity index (χ2v) is 4.53. The first-order valence-electron chi connectivity index (χ1n) is 5.75. The summed E-state index contributed by atoms with van der Waals surface area (Å²) < 4.78 is 13.3. The lowest BCUT2D eigenvalue weighted by Gasteiger charge is -2.06. The van der Waals surface area contributed by atoms with Gasteiger partial charge in [0.2, 0.25) is 0 Å². The Labute approximate surface area is 119 Å². The lowest BCUT2D eigenvalue weighted by atomic mass is 10.1. The standard InChI is InChI=1S/C14H11FN2O2S/c15-11-4-3-10(2-1-5-18)13(6-11)14(19)16-7-12-8-20-9-17-12/h3-4,6,8-9,18H,5,7H2,(H,16,19). The van der Waals surface area contributed by atoms with Gasteiger partial charge in [-0.05, 0) is 18.2 Å². The number of benzene rings is 1. The lowest BCUT2D eigenvalue weighted by molar-refractivity contribution is 0.0950. The molecule has 2 rings (SSSR count). The van der Waals surface area contributed by atoms with E-state index in [1.54, 1.807) is 5.51 Å². The SMILES string of the molecule is O=C(NCc1cscn1)c1cc(F)ccc1C#CCO. The number of aromatic nitrogens is 1. The fourth-order valence-corrected chi connectivity index (χ4v) is 2.10. The van der Waals surface area contributed by atoms with Crippen molar-refractivity contribution >= 4 is 17.2 Å². The minimum atomic E-state index is -0.515. The summed E-state index contributed by atoms with van der Waals surface area (Å²) in [5, 5.41) is 13.2. The molecule has 102 valence electrons. The van der Waals surface area contributed by atoms with E-state index in [4.69, 9.17) is 5.11 Å². The first-order valence-corrected chi connectivity index (χ1v) is 6.69. The van der Waals surface area contributed by atoms with Crippen molar-refractivity contribution in [3.63, 3.8) is 0 Å². The molecule has 4 nitrogen and oxygen atoms in total. The first-order chi connectivity index (χ1) is 9.70. The van der Waals surface area contributed by atoms with E-state index in [1.807, 2.05) is 5.38 Å². The zero-order chi connectivity index (χ0) is 14.4. The van der Waals surface area contributed by atoms with Gasteiger partial charge < -0.3 is 10.4 Å². The van der Waals surface area contributed by atoms with Gasteiger partial charge in [0.1, 0.15) is 12.4 Å². The quantitative estimate of drug-likeness (QED) is 0.843. The van der Waals surface area contributed by atoms with Gasteiger partial charge in [0, 0.05) is 10.9 Å². The molecule has 6 heteroatoms. The van der Waals surface area contributed by atoms with Crippen LogP contribution in [0.25, 0.3) is 0 Å². The second-order valence-electron chi connectivity index (χ2n) is 3.81. The summed E-state index contributed by atoms with van der Waals surface area (Å²) >= 11 is 1.43. The van der Waals surface area contributed by atoms with E-state index < -0.39 is 11.7 Å². The third kappa shape index (κ3) is 3.63. The summed E-state index contributed by atoms with van der Waals surface area (Å²) in [6, 6.07) is 3.76. The molecule has 20 heavy (non-hydrogen) atoms. The zero-order valence-electron chi connectivity index (χ0n) is 10.4. The summed E-state index contributed by atoms with van der Waals surface area (Å²) in [7, 11) is 0. The van der Waals surface area contributed by atoms with Crippen LogP contribution in [0.4, 0.5) is 4.39 Å². The van der Waals surface area contributed by atoms with Crippen LogP contribution in [0.1, 0.15) is 21.6 Å². The van der Waals surface area contributed by atoms with E-state index in [2.05, 4.69) is 22.1 Å². The van der Waals surface area contributed by atoms with Gasteiger partial charge in [0.05, 0.1) is 23.3 Å². The highest BCUT2D eigenvalue weighted by Gasteiger charge is 2.11. The summed E-state index contributed by atoms with van der Waals surface area (Å²) in [5.74, 6) is 4.12. The molecule has 0 aliphatic rings. The van der Waals surface area contributed by atoms with Crippen LogP contribution in [0, 0.1) is 17.7 Å². The topological polar surface area (TPSA) is 62.2 Å². The molecule has 2 N–H and O–H groups in total. The maximum atomic E-state index is 13.3. The largest absolute Gasteiger partial charge is 0.384 e. The van der Waals surface area contributed by atoms with Gasteiger partial charge in [0.25, 0.3) is 5.91 Å². The van der Waals surface area contributed by atoms with Crippen LogP contribution in [0.5, 0.6) is 0 Å². The second kappa shape index (κ2) is 6.80. The number of nitrogens with zero attached hydrogens (tertiary/aromatic N) is 1. The monoisotopic (exact) mass is 290 g/mol. The van der Waals surface area contributed by atoms with Crippen molar-refractivity contribution in [3.05, 3.63) is 51.7 Å². The summed E-state index contributed by atoms with van der Waals surface area (Å²) in [5.41, 5.74) is 2.92. The molecule has 0 bridgehead atoms. The molecule has 0 saturated carbocycles. The number of aliphatic hydroxyl groups is 1. The number of hydrogen-bond acceptors (Lipinski definition) is 4. The van der Waals surface area contributed by atoms with Crippen molar-refractivity contribution < 1.29 is 14.3 Å². The van der Waals surface area contributed by atoms with Gasteiger partial charge in [-0.25, -0.2) is 9.37 Å². The van der Waals surface area contributed by atoms with Gasteiger partial charge in [0.15, 0.2) is 0 Å². The predicted octanol–water partition coefficient (Wildman–Crippen LogP) is 1.56. The maximum absolute atomic E-state index is 13.3. The normalized spacial score (nSPS) is 9.70. The van der Waals surface area contributed by atoms with Gasteiger partial charge in [-0.15, -0.1) is 11.3 Å². The molecule has 1 aromatic heterocycles. The minimum absolute atomic E-state index is 0.140. The highest BCUT2D eigenvalue weighted by molar-refractivity contribution is 7.07. The van der Waals surface area contributed by atoms with Crippen LogP contribution in [-0.4, -0.2) is 22.6 Å². The molecule has 0 radical (unpaired) electrons. The predicted molar refractivity (Wildman–Crippen MR) is 73.6 cm³/mol. The summed E-state index contributed by atoms with van der Waals surface area (Å²) in [6.07, 6.45) is 0. The Morgan fingerprint density at radius 1 is 1.50 bits per heavy atom. The Balaban J connectivity index is 2.17. The van der Waals surface area contributed by atoms with Crippen LogP contribution in [0.3, 0.4) is 0 Å². The highest BCUT2D eigenvalue weighted by atomic mass is 32.1. The summed E-state index contributed by atoms with van der Waals surface area (Å²) in [4.78, 5) is 16.1. The van der Waals surface area contributed by atoms with E-state index in [9.17, 15) is 9.18 Å². The van der Waals surface area contributed by atoms with Crippen molar-refractivity contribution in [3.8, 4) is 11.8 Å². The Morgan fingerprint density at radius 3 is 3.05 bits per heavy atom. The molecular formula is C14H11FN2O2S. The van der Waals surface area contributed by atoms with Crippen LogP contribution in [0.15, 0.2) is 29.1 Å². The third-order valence-corrected chi connectivity index (χ3v) is 3.08. The molecule has 1 aromatic carbocycles. The van der Waals surface area contributed by atoms with E-state index in [0.717, 1.165) is 11.8 Å². The molecule has 0 aliphatic carbocycles. The Bertz CT molecular complexity index is 660. The van der Waals surface area contributed by atoms with Crippen LogP contribution >= 0.6 is 11.3 Å². The van der Waals surface area contributed by atoms with Crippen molar-refractivity contribution in [1.29, 1.82) is 0 Å². The molecular weight excluding hydrogens is 279 g/mol. The van der Waals surface area contributed by atoms with Crippen LogP contribution in [0.2, 0.25) is 0 Å². The highest BCUT2D eigenvalue weighted by Crippen LogP contribution is 2.11. The van der Waals surface area contributed by atoms with Crippen molar-refractivity contribution in [2.45, 2.75) is 6.54 Å². The Morgan fingerprint density at radius 2 is 2.35 bits per heavy atom. The number of rotatable bonds is 3. The molecule has 2 aromatic rings. The van der Waals surface area contributed by atoms with Crippen molar-refractivity contribution in [2.75, 3.05) is 6.61 Å². The molecule has 1 amide bonds. The number of amides is 1. The molecule has 0 spiro atoms. The minimum Gasteiger partial charge on any atom is -0.384 e. The van der Waals surface area contributed by atoms with Crippen molar-refractivity contribution in [2.24, 2.45) is 0 Å². The Kier molecular flexibility index (Phi) is 4.82. The van der Waals surface area contributed by atoms with Crippen molar-refractivity contribution in [1.82, 2.24) is 10.3 Å². The van der Waals surface area contributed by atoms with Gasteiger partial charge in [-0.1, -0.05) is 11.8 Å². The van der Waals surface area contributed by atoms with E-state index in [1.165, 1.54) is 23.5 Å². The molecule has 0 atom stereocenters. The van der Waals surface area contributed by atoms with E-state index >= 15 is 0 Å². The number of halogens is 1. The zero-order valence-corrected chi connectivity index (χ0v) is 11.2. The smallest absolute Gasteiger partial charge is 0.252 e. The van der Waals surface area contributed by atoms with Gasteiger partial charge in [-0.3, -0.25) is 4.79 Å². The fraction of sp³-hybridized carbons (Fsp3) is 0.143. The first kappa shape index (κ1) is 14.2. The molecule has 0 saturated heterocycles. The number of nitrogens with one attached hydrogen (secondary N) is 1. The number of carbonyl (C=O) groups excluding carboxylic acids is 1. The number of aliphatic hydroxyl groups excluding tert-OH is 1. The van der Waals surface area contributed by atoms with E-state index in [0.29, 0.717) is 5.56 Å². The molecule has 0 aliphatic heterocycles. The maximum Gasteiger partial charge on any atom is 0.252 e. The fourth-order valence-electron chi connectivity index (χ4n) is 1.54. The van der Waals surface area contributed by atoms with Crippen LogP contribution in [-0.2, 0) is 6.54 Å². The lowest BCUT2D eigenvalue weighted by Crippen LogP contribution is -2.24. The Hall–Kier alpha value is -2.23. The molecule has 0 fully saturated rings. The van der Waals surface area contributed by atoms with E-state index in [-0.39, 0.29) is 18.7 Å². The molecule has 0 unspecified atom stereocenters.